The highest BCUT2D eigenvalue weighted by atomic mass is 35.5. The molecule has 4 rings (SSSR count). The van der Waals surface area contributed by atoms with E-state index in [1.807, 2.05) is 13.2 Å². The van der Waals surface area contributed by atoms with Crippen LogP contribution in [-0.2, 0) is 13.6 Å². The second kappa shape index (κ2) is 8.44. The van der Waals surface area contributed by atoms with Crippen molar-refractivity contribution in [1.29, 1.82) is 0 Å². The quantitative estimate of drug-likeness (QED) is 0.450. The maximum Gasteiger partial charge on any atom is 0.220 e. The molecule has 3 heterocycles. The van der Waals surface area contributed by atoms with Crippen LogP contribution in [-0.4, -0.2) is 39.0 Å². The van der Waals surface area contributed by atoms with Crippen molar-refractivity contribution in [3.05, 3.63) is 51.6 Å². The molecule has 31 heavy (non-hydrogen) atoms. The van der Waals surface area contributed by atoms with Crippen LogP contribution in [0.1, 0.15) is 5.56 Å². The van der Waals surface area contributed by atoms with E-state index in [4.69, 9.17) is 38.4 Å². The fraction of sp³-hybridized carbons (Fsp3) is 0.200. The van der Waals surface area contributed by atoms with Gasteiger partial charge in [0, 0.05) is 36.5 Å². The van der Waals surface area contributed by atoms with Crippen LogP contribution >= 0.6 is 23.2 Å². The monoisotopic (exact) mass is 458 g/mol. The van der Waals surface area contributed by atoms with E-state index in [2.05, 4.69) is 25.4 Å². The second-order valence-corrected chi connectivity index (χ2v) is 7.38. The number of methoxy groups -OCH3 is 2. The molecule has 0 aliphatic rings. The lowest BCUT2D eigenvalue weighted by Crippen LogP contribution is -1.98. The topological polar surface area (TPSA) is 115 Å². The molecule has 0 radical (unpaired) electrons. The van der Waals surface area contributed by atoms with Gasteiger partial charge in [-0.3, -0.25) is 4.68 Å². The average molecular weight is 459 g/mol. The first-order valence-electron chi connectivity index (χ1n) is 9.10. The summed E-state index contributed by atoms with van der Waals surface area (Å²) >= 11 is 13.2. The molecule has 0 fully saturated rings. The van der Waals surface area contributed by atoms with Crippen molar-refractivity contribution >= 4 is 45.9 Å². The molecule has 0 unspecified atom stereocenters. The van der Waals surface area contributed by atoms with Gasteiger partial charge in [0.25, 0.3) is 0 Å². The van der Waals surface area contributed by atoms with Crippen LogP contribution in [0.4, 0.5) is 11.8 Å². The molecule has 0 bridgehead atoms. The zero-order valence-corrected chi connectivity index (χ0v) is 18.4. The van der Waals surface area contributed by atoms with Crippen molar-refractivity contribution in [2.75, 3.05) is 20.0 Å². The summed E-state index contributed by atoms with van der Waals surface area (Å²) in [7, 11) is 4.86. The molecular formula is C20H18Cl2N7O2-. The molecule has 3 aromatic heterocycles. The van der Waals surface area contributed by atoms with Crippen LogP contribution in [0.15, 0.2) is 30.7 Å². The van der Waals surface area contributed by atoms with Crippen LogP contribution < -0.4 is 15.2 Å². The highest BCUT2D eigenvalue weighted by Crippen LogP contribution is 2.46. The molecule has 0 aliphatic heterocycles. The smallest absolute Gasteiger partial charge is 0.220 e. The Bertz CT molecular complexity index is 1250. The highest BCUT2D eigenvalue weighted by molar-refractivity contribution is 6.41. The molecule has 0 amide bonds. The Hall–Kier alpha value is -3.30. The first-order chi connectivity index (χ1) is 14.9. The van der Waals surface area contributed by atoms with Gasteiger partial charge in [-0.1, -0.05) is 23.2 Å². The number of nitrogens with zero attached hydrogens (tertiary/aromatic N) is 6. The van der Waals surface area contributed by atoms with Crippen LogP contribution in [0.25, 0.3) is 27.5 Å². The van der Waals surface area contributed by atoms with E-state index < -0.39 is 0 Å². The van der Waals surface area contributed by atoms with Crippen molar-refractivity contribution < 1.29 is 9.47 Å². The van der Waals surface area contributed by atoms with Gasteiger partial charge >= 0.3 is 0 Å². The van der Waals surface area contributed by atoms with Crippen molar-refractivity contribution in [3.8, 4) is 22.8 Å². The number of anilines is 1. The van der Waals surface area contributed by atoms with Crippen molar-refractivity contribution in [3.63, 3.8) is 0 Å². The first kappa shape index (κ1) is 21.0. The zero-order valence-electron chi connectivity index (χ0n) is 16.9. The van der Waals surface area contributed by atoms with Crippen LogP contribution in [0, 0.1) is 0 Å². The minimum Gasteiger partial charge on any atom is -0.495 e. The summed E-state index contributed by atoms with van der Waals surface area (Å²) in [5.74, 6) is 1.31. The molecule has 11 heteroatoms. The summed E-state index contributed by atoms with van der Waals surface area (Å²) in [5.41, 5.74) is 8.16. The normalized spacial score (nSPS) is 11.0. The Morgan fingerprint density at radius 1 is 1.06 bits per heavy atom. The lowest BCUT2D eigenvalue weighted by atomic mass is 10.1. The van der Waals surface area contributed by atoms with Gasteiger partial charge in [0.2, 0.25) is 5.95 Å². The van der Waals surface area contributed by atoms with Gasteiger partial charge in [0.1, 0.15) is 11.5 Å². The third kappa shape index (κ3) is 4.01. The summed E-state index contributed by atoms with van der Waals surface area (Å²) in [6, 6.07) is 3.39. The highest BCUT2D eigenvalue weighted by Gasteiger charge is 2.18. The van der Waals surface area contributed by atoms with Gasteiger partial charge in [-0.2, -0.15) is 5.10 Å². The number of ether oxygens (including phenoxy) is 2. The fourth-order valence-corrected chi connectivity index (χ4v) is 3.80. The Balaban J connectivity index is 1.89. The van der Waals surface area contributed by atoms with E-state index in [1.54, 1.807) is 29.2 Å². The van der Waals surface area contributed by atoms with Gasteiger partial charge in [-0.15, -0.1) is 0 Å². The van der Waals surface area contributed by atoms with Gasteiger partial charge in [-0.05, 0) is 29.7 Å². The molecule has 0 saturated carbocycles. The SMILES string of the molecule is COc1cc(OC)c(Cl)c(-c2cc3cnc(N)nc3c([N-]Cc3cnn(C)c3)n2)c1Cl. The molecule has 4 aromatic rings. The predicted molar refractivity (Wildman–Crippen MR) is 120 cm³/mol. The summed E-state index contributed by atoms with van der Waals surface area (Å²) in [4.78, 5) is 13.1. The Morgan fingerprint density at radius 3 is 2.39 bits per heavy atom. The minimum atomic E-state index is 0.124. The lowest BCUT2D eigenvalue weighted by molar-refractivity contribution is 0.395. The number of aromatic nitrogens is 5. The standard InChI is InChI=1S/C20H18Cl2N7O2/c1-29-9-10(7-26-29)6-24-19-18-11(8-25-20(23)28-18)4-12(27-19)15-16(21)13(30-2)5-14(31-3)17(15)22/h4-5,7-9H,6H2,1-3H3,(H2-,23,24,25,27,28)/q-1. The maximum atomic E-state index is 6.58. The van der Waals surface area contributed by atoms with E-state index in [-0.39, 0.29) is 5.95 Å². The number of halogens is 2. The predicted octanol–water partition coefficient (Wildman–Crippen LogP) is 4.54. The van der Waals surface area contributed by atoms with Gasteiger partial charge in [-0.25, -0.2) is 9.97 Å². The molecule has 0 atom stereocenters. The molecule has 1 aromatic carbocycles. The number of rotatable bonds is 6. The third-order valence-electron chi connectivity index (χ3n) is 4.57. The van der Waals surface area contributed by atoms with E-state index in [9.17, 15) is 0 Å². The number of hydrogen-bond acceptors (Lipinski definition) is 7. The molecule has 0 spiro atoms. The first-order valence-corrected chi connectivity index (χ1v) is 9.85. The maximum absolute atomic E-state index is 6.58. The summed E-state index contributed by atoms with van der Waals surface area (Å²) in [5, 5.41) is 10.1. The molecule has 0 saturated heterocycles. The van der Waals surface area contributed by atoms with Gasteiger partial charge in [0.15, 0.2) is 0 Å². The Kier molecular flexibility index (Phi) is 5.71. The lowest BCUT2D eigenvalue weighted by Gasteiger charge is -2.22. The Labute approximate surface area is 188 Å². The number of nitrogens with two attached hydrogens (primary N) is 1. The fourth-order valence-electron chi connectivity index (χ4n) is 3.10. The minimum absolute atomic E-state index is 0.124. The molecule has 160 valence electrons. The third-order valence-corrected chi connectivity index (χ3v) is 5.32. The van der Waals surface area contributed by atoms with Gasteiger partial charge < -0.3 is 25.5 Å². The van der Waals surface area contributed by atoms with Crippen LogP contribution in [0.5, 0.6) is 11.5 Å². The summed E-state index contributed by atoms with van der Waals surface area (Å²) in [6.45, 7) is 0.353. The van der Waals surface area contributed by atoms with E-state index >= 15 is 0 Å². The number of benzene rings is 1. The van der Waals surface area contributed by atoms with E-state index in [0.717, 1.165) is 5.56 Å². The van der Waals surface area contributed by atoms with Crippen molar-refractivity contribution in [2.24, 2.45) is 7.05 Å². The number of pyridine rings is 1. The summed E-state index contributed by atoms with van der Waals surface area (Å²) < 4.78 is 12.5. The van der Waals surface area contributed by atoms with E-state index in [0.29, 0.717) is 56.1 Å². The molecule has 0 aliphatic carbocycles. The molecule has 9 nitrogen and oxygen atoms in total. The van der Waals surface area contributed by atoms with E-state index in [1.165, 1.54) is 14.2 Å². The summed E-state index contributed by atoms with van der Waals surface area (Å²) in [6.07, 6.45) is 5.21. The second-order valence-electron chi connectivity index (χ2n) is 6.62. The molecular weight excluding hydrogens is 441 g/mol. The zero-order chi connectivity index (χ0) is 22.1. The average Bonchev–Trinajstić information content (AvgIpc) is 3.17. The van der Waals surface area contributed by atoms with Crippen molar-refractivity contribution in [1.82, 2.24) is 24.7 Å². The van der Waals surface area contributed by atoms with Gasteiger partial charge in [0.05, 0.1) is 36.0 Å². The Morgan fingerprint density at radius 2 is 1.77 bits per heavy atom. The van der Waals surface area contributed by atoms with Crippen molar-refractivity contribution in [2.45, 2.75) is 6.54 Å². The number of fused-ring (bicyclic) bond motifs is 1. The largest absolute Gasteiger partial charge is 0.495 e. The number of aryl methyl sites for hydroxylation is 1. The number of nitrogen functional groups attached to an aromatic ring is 1. The number of hydrogen-bond donors (Lipinski definition) is 1. The molecule has 2 N–H and O–H groups in total. The van der Waals surface area contributed by atoms with Crippen LogP contribution in [0.2, 0.25) is 10.0 Å². The van der Waals surface area contributed by atoms with Crippen LogP contribution in [0.3, 0.4) is 0 Å².